The average Bonchev–Trinajstić information content (AvgIpc) is 3.40. The van der Waals surface area contributed by atoms with E-state index >= 15 is 0 Å². The molecular weight excluding hydrogens is 334 g/mol. The Kier molecular flexibility index (Phi) is 3.17. The van der Waals surface area contributed by atoms with Crippen LogP contribution in [0.1, 0.15) is 0 Å². The van der Waals surface area contributed by atoms with Gasteiger partial charge in [-0.25, -0.2) is 0 Å². The third-order valence-electron chi connectivity index (χ3n) is 3.95. The van der Waals surface area contributed by atoms with E-state index in [1.165, 1.54) is 0 Å². The molecule has 0 aliphatic carbocycles. The van der Waals surface area contributed by atoms with E-state index in [4.69, 9.17) is 4.52 Å². The summed E-state index contributed by atoms with van der Waals surface area (Å²) in [5.74, 6) is 1.45. The first kappa shape index (κ1) is 14.1. The molecule has 6 nitrogen and oxygen atoms in total. The highest BCUT2D eigenvalue weighted by molar-refractivity contribution is 7.13. The maximum absolute atomic E-state index is 5.57. The standard InChI is InChI=1S/C18H11N5OS/c1-2-5-12(6-3-1)17-14-11-13(8-9-15(14)20-24-17)23-18(19-21-22-23)16-7-4-10-25-16/h1-11H. The molecule has 120 valence electrons. The molecule has 0 N–H and O–H groups in total. The third-order valence-corrected chi connectivity index (χ3v) is 4.82. The van der Waals surface area contributed by atoms with Crippen LogP contribution in [0.5, 0.6) is 0 Å². The number of rotatable bonds is 3. The van der Waals surface area contributed by atoms with Crippen molar-refractivity contribution in [3.05, 3.63) is 66.0 Å². The van der Waals surface area contributed by atoms with Crippen molar-refractivity contribution in [2.45, 2.75) is 0 Å². The number of benzene rings is 2. The molecule has 5 aromatic rings. The molecule has 3 heterocycles. The molecule has 0 bridgehead atoms. The summed E-state index contributed by atoms with van der Waals surface area (Å²) in [7, 11) is 0. The second-order valence-corrected chi connectivity index (χ2v) is 6.42. The van der Waals surface area contributed by atoms with Crippen molar-refractivity contribution in [1.29, 1.82) is 0 Å². The van der Waals surface area contributed by atoms with Crippen LogP contribution in [-0.4, -0.2) is 25.4 Å². The number of aromatic nitrogens is 5. The van der Waals surface area contributed by atoms with Gasteiger partial charge in [0.25, 0.3) is 0 Å². The molecule has 3 aromatic heterocycles. The van der Waals surface area contributed by atoms with E-state index in [9.17, 15) is 0 Å². The Labute approximate surface area is 146 Å². The lowest BCUT2D eigenvalue weighted by molar-refractivity contribution is 0.441. The largest absolute Gasteiger partial charge is 0.355 e. The summed E-state index contributed by atoms with van der Waals surface area (Å²) in [6.07, 6.45) is 0. The zero-order chi connectivity index (χ0) is 16.6. The van der Waals surface area contributed by atoms with Crippen molar-refractivity contribution in [2.24, 2.45) is 0 Å². The lowest BCUT2D eigenvalue weighted by Crippen LogP contribution is -1.98. The number of thiophene rings is 1. The Balaban J connectivity index is 1.68. The molecule has 0 amide bonds. The van der Waals surface area contributed by atoms with Crippen molar-refractivity contribution in [1.82, 2.24) is 25.4 Å². The van der Waals surface area contributed by atoms with Gasteiger partial charge >= 0.3 is 0 Å². The third kappa shape index (κ3) is 2.33. The minimum absolute atomic E-state index is 0.715. The Hall–Kier alpha value is -3.32. The molecule has 7 heteroatoms. The SMILES string of the molecule is c1ccc(-c2onc3ccc(-n4nnnc4-c4cccs4)cc23)cc1. The summed E-state index contributed by atoms with van der Waals surface area (Å²) in [6, 6.07) is 19.8. The lowest BCUT2D eigenvalue weighted by Gasteiger charge is -2.03. The van der Waals surface area contributed by atoms with Crippen LogP contribution in [0.15, 0.2) is 70.6 Å². The molecule has 5 rings (SSSR count). The molecule has 0 saturated heterocycles. The molecule has 0 spiro atoms. The number of fused-ring (bicyclic) bond motifs is 1. The maximum atomic E-state index is 5.57. The van der Waals surface area contributed by atoms with Crippen LogP contribution in [0.2, 0.25) is 0 Å². The quantitative estimate of drug-likeness (QED) is 0.490. The highest BCUT2D eigenvalue weighted by Gasteiger charge is 2.15. The fourth-order valence-electron chi connectivity index (χ4n) is 2.78. The van der Waals surface area contributed by atoms with Gasteiger partial charge in [-0.15, -0.1) is 16.4 Å². The van der Waals surface area contributed by atoms with Crippen molar-refractivity contribution in [2.75, 3.05) is 0 Å². The van der Waals surface area contributed by atoms with Crippen LogP contribution < -0.4 is 0 Å². The van der Waals surface area contributed by atoms with Gasteiger partial charge in [0.15, 0.2) is 11.6 Å². The number of nitrogens with zero attached hydrogens (tertiary/aromatic N) is 5. The van der Waals surface area contributed by atoms with E-state index in [0.717, 1.165) is 32.8 Å². The second-order valence-electron chi connectivity index (χ2n) is 5.47. The summed E-state index contributed by atoms with van der Waals surface area (Å²) in [4.78, 5) is 1.01. The fraction of sp³-hybridized carbons (Fsp3) is 0. The van der Waals surface area contributed by atoms with E-state index in [-0.39, 0.29) is 0 Å². The molecule has 0 aliphatic rings. The van der Waals surface area contributed by atoms with Gasteiger partial charge in [-0.05, 0) is 40.1 Å². The molecular formula is C18H11N5OS. The summed E-state index contributed by atoms with van der Waals surface area (Å²) >= 11 is 1.60. The highest BCUT2D eigenvalue weighted by atomic mass is 32.1. The first-order valence-corrected chi connectivity index (χ1v) is 8.55. The first-order valence-electron chi connectivity index (χ1n) is 7.68. The van der Waals surface area contributed by atoms with Crippen molar-refractivity contribution >= 4 is 22.2 Å². The summed E-state index contributed by atoms with van der Waals surface area (Å²) in [6.45, 7) is 0. The molecule has 0 unspecified atom stereocenters. The molecule has 25 heavy (non-hydrogen) atoms. The van der Waals surface area contributed by atoms with E-state index in [1.807, 2.05) is 66.0 Å². The minimum Gasteiger partial charge on any atom is -0.355 e. The van der Waals surface area contributed by atoms with Gasteiger partial charge in [0.1, 0.15) is 5.52 Å². The number of hydrogen-bond acceptors (Lipinski definition) is 6. The smallest absolute Gasteiger partial charge is 0.197 e. The summed E-state index contributed by atoms with van der Waals surface area (Å²) < 4.78 is 7.30. The first-order chi connectivity index (χ1) is 12.4. The van der Waals surface area contributed by atoms with Gasteiger partial charge < -0.3 is 4.52 Å². The Morgan fingerprint density at radius 1 is 0.960 bits per heavy atom. The average molecular weight is 345 g/mol. The van der Waals surface area contributed by atoms with Crippen LogP contribution in [0, 0.1) is 0 Å². The fourth-order valence-corrected chi connectivity index (χ4v) is 3.47. The topological polar surface area (TPSA) is 69.6 Å². The van der Waals surface area contributed by atoms with Crippen molar-refractivity contribution in [3.63, 3.8) is 0 Å². The zero-order valence-corrected chi connectivity index (χ0v) is 13.7. The maximum Gasteiger partial charge on any atom is 0.197 e. The second kappa shape index (κ2) is 5.64. The highest BCUT2D eigenvalue weighted by Crippen LogP contribution is 2.31. The zero-order valence-electron chi connectivity index (χ0n) is 12.9. The Morgan fingerprint density at radius 2 is 1.88 bits per heavy atom. The Morgan fingerprint density at radius 3 is 2.72 bits per heavy atom. The van der Waals surface area contributed by atoms with Gasteiger partial charge in [-0.1, -0.05) is 41.6 Å². The van der Waals surface area contributed by atoms with Crippen LogP contribution in [0.3, 0.4) is 0 Å². The lowest BCUT2D eigenvalue weighted by atomic mass is 10.1. The molecule has 0 saturated carbocycles. The van der Waals surface area contributed by atoms with E-state index < -0.39 is 0 Å². The van der Waals surface area contributed by atoms with E-state index in [1.54, 1.807) is 16.0 Å². The van der Waals surface area contributed by atoms with Gasteiger partial charge in [0.05, 0.1) is 16.0 Å². The molecule has 0 aliphatic heterocycles. The number of hydrogen-bond donors (Lipinski definition) is 0. The van der Waals surface area contributed by atoms with Gasteiger partial charge in [0.2, 0.25) is 0 Å². The van der Waals surface area contributed by atoms with Crippen molar-refractivity contribution < 1.29 is 4.52 Å². The predicted octanol–water partition coefficient (Wildman–Crippen LogP) is 4.20. The van der Waals surface area contributed by atoms with E-state index in [2.05, 4.69) is 20.7 Å². The minimum atomic E-state index is 0.715. The van der Waals surface area contributed by atoms with Crippen LogP contribution in [-0.2, 0) is 0 Å². The van der Waals surface area contributed by atoms with Gasteiger partial charge in [0, 0.05) is 5.56 Å². The monoisotopic (exact) mass is 345 g/mol. The van der Waals surface area contributed by atoms with Gasteiger partial charge in [-0.3, -0.25) is 0 Å². The molecule has 0 atom stereocenters. The Bertz CT molecular complexity index is 1140. The van der Waals surface area contributed by atoms with Crippen LogP contribution in [0.25, 0.3) is 38.6 Å². The van der Waals surface area contributed by atoms with E-state index in [0.29, 0.717) is 5.82 Å². The normalized spacial score (nSPS) is 11.2. The number of tetrazole rings is 1. The summed E-state index contributed by atoms with van der Waals surface area (Å²) in [5.41, 5.74) is 2.65. The summed E-state index contributed by atoms with van der Waals surface area (Å²) in [5, 5.41) is 19.2. The predicted molar refractivity (Wildman–Crippen MR) is 95.5 cm³/mol. The molecule has 0 radical (unpaired) electrons. The van der Waals surface area contributed by atoms with Crippen LogP contribution in [0.4, 0.5) is 0 Å². The van der Waals surface area contributed by atoms with Crippen LogP contribution >= 0.6 is 11.3 Å². The molecule has 2 aromatic carbocycles. The van der Waals surface area contributed by atoms with Gasteiger partial charge in [-0.2, -0.15) is 4.68 Å². The van der Waals surface area contributed by atoms with Crippen molar-refractivity contribution in [3.8, 4) is 27.7 Å². The molecule has 0 fully saturated rings.